The normalized spacial score (nSPS) is 11.8. The molecule has 4 aromatic rings. The number of aromatic nitrogens is 3. The Morgan fingerprint density at radius 1 is 1.19 bits per heavy atom. The molecule has 156 valence electrons. The van der Waals surface area contributed by atoms with Crippen LogP contribution in [0, 0.1) is 0 Å². The molecule has 0 saturated heterocycles. The fourth-order valence-corrected chi connectivity index (χ4v) is 4.00. The molecule has 0 radical (unpaired) electrons. The van der Waals surface area contributed by atoms with Crippen LogP contribution in [0.25, 0.3) is 22.2 Å². The van der Waals surface area contributed by atoms with Gasteiger partial charge in [0, 0.05) is 28.9 Å². The van der Waals surface area contributed by atoms with Crippen LogP contribution in [0.2, 0.25) is 10.0 Å². The van der Waals surface area contributed by atoms with Crippen molar-refractivity contribution >= 4 is 45.7 Å². The summed E-state index contributed by atoms with van der Waals surface area (Å²) in [4.78, 5) is 15.8. The molecule has 2 heterocycles. The maximum atomic E-state index is 11.8. The Hall–Kier alpha value is -3.35. The molecule has 4 rings (SSSR count). The Bertz CT molecular complexity index is 1270. The summed E-state index contributed by atoms with van der Waals surface area (Å²) in [6, 6.07) is 13.0. The molecule has 0 aliphatic carbocycles. The highest BCUT2D eigenvalue weighted by Crippen LogP contribution is 2.36. The van der Waals surface area contributed by atoms with E-state index >= 15 is 0 Å². The lowest BCUT2D eigenvalue weighted by Gasteiger charge is -2.17. The molecule has 0 unspecified atom stereocenters. The fourth-order valence-electron chi connectivity index (χ4n) is 3.33. The SMILES string of the molecule is C=CC(=O)Nc1ccccc1-c1n[nH]c2ccc(O[C@@H](C)c3c(Cl)cncc3Cl)cc12. The van der Waals surface area contributed by atoms with Crippen molar-refractivity contribution in [1.29, 1.82) is 0 Å². The molecule has 0 saturated carbocycles. The number of pyridine rings is 1. The van der Waals surface area contributed by atoms with Crippen LogP contribution in [-0.2, 0) is 4.79 Å². The molecule has 8 heteroatoms. The number of H-pyrrole nitrogens is 1. The number of ether oxygens (including phenoxy) is 1. The average molecular weight is 453 g/mol. The van der Waals surface area contributed by atoms with E-state index in [2.05, 4.69) is 27.1 Å². The van der Waals surface area contributed by atoms with Crippen molar-refractivity contribution in [2.24, 2.45) is 0 Å². The first-order valence-electron chi connectivity index (χ1n) is 9.44. The number of benzene rings is 2. The summed E-state index contributed by atoms with van der Waals surface area (Å²) >= 11 is 12.5. The summed E-state index contributed by atoms with van der Waals surface area (Å²) < 4.78 is 6.12. The number of aromatic amines is 1. The number of carbonyl (C=O) groups excluding carboxylic acids is 1. The van der Waals surface area contributed by atoms with Crippen molar-refractivity contribution in [2.75, 3.05) is 5.32 Å². The molecule has 6 nitrogen and oxygen atoms in total. The predicted octanol–water partition coefficient (Wildman–Crippen LogP) is 6.20. The lowest BCUT2D eigenvalue weighted by molar-refractivity contribution is -0.111. The van der Waals surface area contributed by atoms with Gasteiger partial charge in [-0.05, 0) is 37.3 Å². The number of para-hydroxylation sites is 1. The van der Waals surface area contributed by atoms with E-state index in [0.29, 0.717) is 32.7 Å². The minimum absolute atomic E-state index is 0.295. The number of carbonyl (C=O) groups is 1. The molecule has 0 aliphatic rings. The van der Waals surface area contributed by atoms with Gasteiger partial charge >= 0.3 is 0 Å². The lowest BCUT2D eigenvalue weighted by Crippen LogP contribution is -2.08. The number of fused-ring (bicyclic) bond motifs is 1. The quantitative estimate of drug-likeness (QED) is 0.341. The van der Waals surface area contributed by atoms with E-state index in [1.165, 1.54) is 18.5 Å². The van der Waals surface area contributed by atoms with Gasteiger partial charge in [-0.3, -0.25) is 14.9 Å². The van der Waals surface area contributed by atoms with Gasteiger partial charge in [0.1, 0.15) is 17.5 Å². The van der Waals surface area contributed by atoms with Gasteiger partial charge < -0.3 is 10.1 Å². The number of amides is 1. The maximum Gasteiger partial charge on any atom is 0.247 e. The van der Waals surface area contributed by atoms with Gasteiger partial charge in [0.15, 0.2) is 0 Å². The summed E-state index contributed by atoms with van der Waals surface area (Å²) in [5, 5.41) is 12.0. The van der Waals surface area contributed by atoms with Crippen LogP contribution in [0.4, 0.5) is 5.69 Å². The van der Waals surface area contributed by atoms with Gasteiger partial charge in [-0.15, -0.1) is 0 Å². The van der Waals surface area contributed by atoms with Gasteiger partial charge in [0.05, 0.1) is 21.2 Å². The third-order valence-corrected chi connectivity index (χ3v) is 5.37. The molecule has 2 aromatic carbocycles. The van der Waals surface area contributed by atoms with Gasteiger partial charge in [0.25, 0.3) is 0 Å². The van der Waals surface area contributed by atoms with Gasteiger partial charge in [-0.25, -0.2) is 0 Å². The molecule has 2 N–H and O–H groups in total. The number of halogens is 2. The first-order chi connectivity index (χ1) is 15.0. The molecule has 31 heavy (non-hydrogen) atoms. The number of hydrogen-bond acceptors (Lipinski definition) is 4. The molecule has 0 fully saturated rings. The smallest absolute Gasteiger partial charge is 0.247 e. The zero-order valence-corrected chi connectivity index (χ0v) is 18.0. The zero-order chi connectivity index (χ0) is 22.0. The monoisotopic (exact) mass is 452 g/mol. The maximum absolute atomic E-state index is 11.8. The fraction of sp³-hybridized carbons (Fsp3) is 0.0870. The molecule has 1 amide bonds. The molecular formula is C23H18Cl2N4O2. The van der Waals surface area contributed by atoms with Gasteiger partial charge in [-0.1, -0.05) is 48.0 Å². The molecule has 1 atom stereocenters. The lowest BCUT2D eigenvalue weighted by atomic mass is 10.1. The van der Waals surface area contributed by atoms with Crippen LogP contribution in [-0.4, -0.2) is 21.1 Å². The van der Waals surface area contributed by atoms with Crippen LogP contribution in [0.1, 0.15) is 18.6 Å². The Labute approximate surface area is 188 Å². The van der Waals surface area contributed by atoms with Crippen molar-refractivity contribution in [3.63, 3.8) is 0 Å². The van der Waals surface area contributed by atoms with E-state index in [1.807, 2.05) is 49.4 Å². The zero-order valence-electron chi connectivity index (χ0n) is 16.5. The molecule has 2 aromatic heterocycles. The summed E-state index contributed by atoms with van der Waals surface area (Å²) in [5.74, 6) is 0.329. The van der Waals surface area contributed by atoms with E-state index in [1.54, 1.807) is 0 Å². The van der Waals surface area contributed by atoms with E-state index < -0.39 is 6.10 Å². The minimum Gasteiger partial charge on any atom is -0.486 e. The van der Waals surface area contributed by atoms with Crippen LogP contribution in [0.5, 0.6) is 5.75 Å². The Balaban J connectivity index is 1.71. The number of nitrogens with one attached hydrogen (secondary N) is 2. The summed E-state index contributed by atoms with van der Waals surface area (Å²) in [6.07, 6.45) is 3.90. The highest BCUT2D eigenvalue weighted by Gasteiger charge is 2.18. The van der Waals surface area contributed by atoms with E-state index in [4.69, 9.17) is 27.9 Å². The Morgan fingerprint density at radius 2 is 1.94 bits per heavy atom. The third kappa shape index (κ3) is 4.26. The van der Waals surface area contributed by atoms with Crippen LogP contribution in [0.3, 0.4) is 0 Å². The van der Waals surface area contributed by atoms with Crippen LogP contribution < -0.4 is 10.1 Å². The predicted molar refractivity (Wildman–Crippen MR) is 124 cm³/mol. The highest BCUT2D eigenvalue weighted by molar-refractivity contribution is 6.35. The second-order valence-corrected chi connectivity index (χ2v) is 7.61. The second-order valence-electron chi connectivity index (χ2n) is 6.80. The number of rotatable bonds is 6. The van der Waals surface area contributed by atoms with Crippen molar-refractivity contribution in [3.05, 3.63) is 83.1 Å². The molecule has 0 spiro atoms. The largest absolute Gasteiger partial charge is 0.486 e. The standard InChI is InChI=1S/C23H18Cl2N4O2/c1-3-21(30)27-19-7-5-4-6-15(19)23-16-10-14(8-9-20(16)28-29-23)31-13(2)22-17(24)11-26-12-18(22)25/h3-13H,1H2,2H3,(H,27,30)(H,28,29)/t13-/m0/s1. The Kier molecular flexibility index (Phi) is 5.93. The van der Waals surface area contributed by atoms with E-state index in [0.717, 1.165) is 16.5 Å². The highest BCUT2D eigenvalue weighted by atomic mass is 35.5. The third-order valence-electron chi connectivity index (χ3n) is 4.77. The number of hydrogen-bond donors (Lipinski definition) is 2. The average Bonchev–Trinajstić information content (AvgIpc) is 3.17. The van der Waals surface area contributed by atoms with Gasteiger partial charge in [0.2, 0.25) is 5.91 Å². The summed E-state index contributed by atoms with van der Waals surface area (Å²) in [6.45, 7) is 5.37. The first kappa shape index (κ1) is 20.9. The Morgan fingerprint density at radius 3 is 2.68 bits per heavy atom. The minimum atomic E-state index is -0.394. The molecule has 0 bridgehead atoms. The summed E-state index contributed by atoms with van der Waals surface area (Å²) in [7, 11) is 0. The number of nitrogens with zero attached hydrogens (tertiary/aromatic N) is 2. The van der Waals surface area contributed by atoms with Crippen LogP contribution >= 0.6 is 23.2 Å². The van der Waals surface area contributed by atoms with Crippen molar-refractivity contribution in [3.8, 4) is 17.0 Å². The van der Waals surface area contributed by atoms with Crippen LogP contribution in [0.15, 0.2) is 67.5 Å². The summed E-state index contributed by atoms with van der Waals surface area (Å²) in [5.41, 5.74) is 3.60. The second kappa shape index (κ2) is 8.79. The molecule has 0 aliphatic heterocycles. The van der Waals surface area contributed by atoms with Crippen molar-refractivity contribution in [2.45, 2.75) is 13.0 Å². The van der Waals surface area contributed by atoms with E-state index in [9.17, 15) is 4.79 Å². The van der Waals surface area contributed by atoms with Crippen molar-refractivity contribution < 1.29 is 9.53 Å². The topological polar surface area (TPSA) is 79.9 Å². The van der Waals surface area contributed by atoms with Crippen molar-refractivity contribution in [1.82, 2.24) is 15.2 Å². The number of anilines is 1. The van der Waals surface area contributed by atoms with Gasteiger partial charge in [-0.2, -0.15) is 5.10 Å². The first-order valence-corrected chi connectivity index (χ1v) is 10.2. The van der Waals surface area contributed by atoms with E-state index in [-0.39, 0.29) is 5.91 Å². The molecular weight excluding hydrogens is 435 g/mol.